The van der Waals surface area contributed by atoms with Gasteiger partial charge in [-0.15, -0.1) is 24.0 Å². The Morgan fingerprint density at radius 2 is 1.81 bits per heavy atom. The Kier molecular flexibility index (Phi) is 9.57. The summed E-state index contributed by atoms with van der Waals surface area (Å²) in [6, 6.07) is 9.98. The standard InChI is InChI=1S/C22H28N6O2.HI/c1-16-24-11-12-28(16)21-8-6-18(14-26-21)15-27-22(23-2)25-10-9-17-5-7-19(29-3)20(13-17)30-4;/h5-8,11-14H,9-10,15H2,1-4H3,(H2,23,25,27);1H. The molecule has 2 N–H and O–H groups in total. The van der Waals surface area contributed by atoms with Crippen LogP contribution in [0.5, 0.6) is 11.5 Å². The van der Waals surface area contributed by atoms with E-state index in [0.717, 1.165) is 53.2 Å². The number of aromatic nitrogens is 3. The molecule has 0 amide bonds. The van der Waals surface area contributed by atoms with E-state index < -0.39 is 0 Å². The van der Waals surface area contributed by atoms with Crippen LogP contribution in [0.2, 0.25) is 0 Å². The highest BCUT2D eigenvalue weighted by molar-refractivity contribution is 14.0. The summed E-state index contributed by atoms with van der Waals surface area (Å²) in [6.07, 6.45) is 6.37. The molecule has 0 spiro atoms. The van der Waals surface area contributed by atoms with Crippen LogP contribution in [0.1, 0.15) is 17.0 Å². The molecule has 3 aromatic rings. The summed E-state index contributed by atoms with van der Waals surface area (Å²) in [5, 5.41) is 6.64. The Morgan fingerprint density at radius 3 is 2.42 bits per heavy atom. The first-order valence-electron chi connectivity index (χ1n) is 9.75. The first-order valence-corrected chi connectivity index (χ1v) is 9.75. The Hall–Kier alpha value is -2.82. The lowest BCUT2D eigenvalue weighted by molar-refractivity contribution is 0.354. The maximum absolute atomic E-state index is 5.36. The summed E-state index contributed by atoms with van der Waals surface area (Å²) in [5.74, 6) is 3.97. The van der Waals surface area contributed by atoms with Crippen molar-refractivity contribution >= 4 is 29.9 Å². The van der Waals surface area contributed by atoms with Crippen LogP contribution in [-0.4, -0.2) is 48.3 Å². The van der Waals surface area contributed by atoms with E-state index >= 15 is 0 Å². The third kappa shape index (κ3) is 6.58. The average molecular weight is 536 g/mol. The Bertz CT molecular complexity index is 988. The quantitative estimate of drug-likeness (QED) is 0.262. The second kappa shape index (κ2) is 12.1. The molecule has 0 saturated heterocycles. The molecule has 0 unspecified atom stereocenters. The highest BCUT2D eigenvalue weighted by atomic mass is 127. The minimum Gasteiger partial charge on any atom is -0.493 e. The number of nitrogens with one attached hydrogen (secondary N) is 2. The van der Waals surface area contributed by atoms with Crippen molar-refractivity contribution in [1.29, 1.82) is 0 Å². The van der Waals surface area contributed by atoms with Crippen molar-refractivity contribution in [1.82, 2.24) is 25.2 Å². The third-order valence-corrected chi connectivity index (χ3v) is 4.72. The molecule has 0 aliphatic rings. The van der Waals surface area contributed by atoms with Crippen molar-refractivity contribution in [2.24, 2.45) is 4.99 Å². The SMILES string of the molecule is CN=C(NCCc1ccc(OC)c(OC)c1)NCc1ccc(-n2ccnc2C)nc1.I. The lowest BCUT2D eigenvalue weighted by Crippen LogP contribution is -2.37. The molecule has 3 rings (SSSR count). The number of nitrogens with zero attached hydrogens (tertiary/aromatic N) is 4. The van der Waals surface area contributed by atoms with Gasteiger partial charge in [0.25, 0.3) is 0 Å². The van der Waals surface area contributed by atoms with Gasteiger partial charge >= 0.3 is 0 Å². The first kappa shape index (κ1) is 24.4. The zero-order valence-electron chi connectivity index (χ0n) is 18.3. The summed E-state index contributed by atoms with van der Waals surface area (Å²) in [7, 11) is 5.04. The van der Waals surface area contributed by atoms with Gasteiger partial charge in [-0.05, 0) is 42.7 Å². The summed E-state index contributed by atoms with van der Waals surface area (Å²) in [5.41, 5.74) is 2.23. The highest BCUT2D eigenvalue weighted by Gasteiger charge is 2.06. The Labute approximate surface area is 200 Å². The number of pyridine rings is 1. The van der Waals surface area contributed by atoms with Crippen LogP contribution in [0.25, 0.3) is 5.82 Å². The minimum atomic E-state index is 0. The van der Waals surface area contributed by atoms with Crippen molar-refractivity contribution in [3.8, 4) is 17.3 Å². The van der Waals surface area contributed by atoms with Crippen molar-refractivity contribution in [2.75, 3.05) is 27.8 Å². The number of hydrogen-bond acceptors (Lipinski definition) is 5. The number of halogens is 1. The molecular weight excluding hydrogens is 507 g/mol. The first-order chi connectivity index (χ1) is 14.6. The van der Waals surface area contributed by atoms with E-state index in [1.54, 1.807) is 27.5 Å². The number of imidazole rings is 1. The normalized spacial score (nSPS) is 10.9. The van der Waals surface area contributed by atoms with Crippen molar-refractivity contribution in [3.63, 3.8) is 0 Å². The number of rotatable bonds is 8. The van der Waals surface area contributed by atoms with E-state index in [2.05, 4.69) is 25.6 Å². The number of guanidine groups is 1. The number of benzene rings is 1. The number of ether oxygens (including phenoxy) is 2. The zero-order chi connectivity index (χ0) is 21.3. The summed E-state index contributed by atoms with van der Waals surface area (Å²) < 4.78 is 12.6. The second-order valence-electron chi connectivity index (χ2n) is 6.66. The smallest absolute Gasteiger partial charge is 0.191 e. The van der Waals surface area contributed by atoms with E-state index in [0.29, 0.717) is 6.54 Å². The molecule has 0 aliphatic carbocycles. The zero-order valence-corrected chi connectivity index (χ0v) is 20.6. The molecule has 1 aromatic carbocycles. The van der Waals surface area contributed by atoms with Crippen LogP contribution in [0.4, 0.5) is 0 Å². The molecular formula is C22H29IN6O2. The fraction of sp³-hybridized carbons (Fsp3) is 0.318. The third-order valence-electron chi connectivity index (χ3n) is 4.72. The topological polar surface area (TPSA) is 85.6 Å². The molecule has 0 bridgehead atoms. The number of hydrogen-bond donors (Lipinski definition) is 2. The molecule has 0 radical (unpaired) electrons. The van der Waals surface area contributed by atoms with Gasteiger partial charge in [-0.1, -0.05) is 12.1 Å². The average Bonchev–Trinajstić information content (AvgIpc) is 3.22. The van der Waals surface area contributed by atoms with Crippen LogP contribution < -0.4 is 20.1 Å². The second-order valence-corrected chi connectivity index (χ2v) is 6.66. The van der Waals surface area contributed by atoms with E-state index in [9.17, 15) is 0 Å². The predicted molar refractivity (Wildman–Crippen MR) is 133 cm³/mol. The largest absolute Gasteiger partial charge is 0.493 e. The molecule has 9 heteroatoms. The number of methoxy groups -OCH3 is 2. The summed E-state index contributed by atoms with van der Waals surface area (Å²) in [4.78, 5) is 13.0. The van der Waals surface area contributed by atoms with E-state index in [1.807, 2.05) is 54.2 Å². The lowest BCUT2D eigenvalue weighted by atomic mass is 10.1. The fourth-order valence-electron chi connectivity index (χ4n) is 3.05. The molecule has 8 nitrogen and oxygen atoms in total. The van der Waals surface area contributed by atoms with Crippen molar-refractivity contribution < 1.29 is 9.47 Å². The van der Waals surface area contributed by atoms with Gasteiger partial charge in [-0.3, -0.25) is 9.56 Å². The summed E-state index contributed by atoms with van der Waals surface area (Å²) in [6.45, 7) is 3.33. The van der Waals surface area contributed by atoms with Gasteiger partial charge in [0.1, 0.15) is 11.6 Å². The fourth-order valence-corrected chi connectivity index (χ4v) is 3.05. The molecule has 0 aliphatic heterocycles. The van der Waals surface area contributed by atoms with Gasteiger partial charge in [-0.2, -0.15) is 0 Å². The van der Waals surface area contributed by atoms with Crippen molar-refractivity contribution in [2.45, 2.75) is 19.9 Å². The van der Waals surface area contributed by atoms with Gasteiger partial charge in [0.15, 0.2) is 17.5 Å². The Morgan fingerprint density at radius 1 is 1.03 bits per heavy atom. The van der Waals surface area contributed by atoms with Gasteiger partial charge in [-0.25, -0.2) is 9.97 Å². The number of aliphatic imine (C=N–C) groups is 1. The molecule has 2 heterocycles. The van der Waals surface area contributed by atoms with Crippen LogP contribution in [0.3, 0.4) is 0 Å². The van der Waals surface area contributed by atoms with Gasteiger partial charge in [0.05, 0.1) is 14.2 Å². The molecule has 2 aromatic heterocycles. The molecule has 0 atom stereocenters. The summed E-state index contributed by atoms with van der Waals surface area (Å²) >= 11 is 0. The van der Waals surface area contributed by atoms with Crippen LogP contribution in [0.15, 0.2) is 53.9 Å². The maximum Gasteiger partial charge on any atom is 0.191 e. The van der Waals surface area contributed by atoms with Gasteiger partial charge in [0.2, 0.25) is 0 Å². The van der Waals surface area contributed by atoms with Crippen LogP contribution in [-0.2, 0) is 13.0 Å². The molecule has 0 saturated carbocycles. The molecule has 166 valence electrons. The van der Waals surface area contributed by atoms with Crippen molar-refractivity contribution in [3.05, 3.63) is 65.9 Å². The van der Waals surface area contributed by atoms with E-state index in [1.165, 1.54) is 0 Å². The van der Waals surface area contributed by atoms with Crippen LogP contribution in [0, 0.1) is 6.92 Å². The predicted octanol–water partition coefficient (Wildman–Crippen LogP) is 3.12. The Balaban J connectivity index is 0.00000341. The minimum absolute atomic E-state index is 0. The lowest BCUT2D eigenvalue weighted by Gasteiger charge is -2.13. The van der Waals surface area contributed by atoms with E-state index in [-0.39, 0.29) is 24.0 Å². The number of aryl methyl sites for hydroxylation is 1. The molecule has 31 heavy (non-hydrogen) atoms. The molecule has 0 fully saturated rings. The van der Waals surface area contributed by atoms with Gasteiger partial charge in [0, 0.05) is 38.7 Å². The van der Waals surface area contributed by atoms with Crippen LogP contribution >= 0.6 is 24.0 Å². The highest BCUT2D eigenvalue weighted by Crippen LogP contribution is 2.27. The van der Waals surface area contributed by atoms with Gasteiger partial charge < -0.3 is 20.1 Å². The van der Waals surface area contributed by atoms with E-state index in [4.69, 9.17) is 9.47 Å². The maximum atomic E-state index is 5.36. The monoisotopic (exact) mass is 536 g/mol.